The molecule has 0 fully saturated rings. The summed E-state index contributed by atoms with van der Waals surface area (Å²) >= 11 is 0. The number of aromatic nitrogens is 1. The number of hydrogen-bond donors (Lipinski definition) is 1. The Balaban J connectivity index is 2.15. The molecule has 0 aliphatic carbocycles. The molecule has 4 nitrogen and oxygen atoms in total. The average Bonchev–Trinajstić information content (AvgIpc) is 2.81. The lowest BCUT2D eigenvalue weighted by Gasteiger charge is -2.07. The topological polar surface area (TPSA) is 61.3 Å². The van der Waals surface area contributed by atoms with Gasteiger partial charge in [-0.15, -0.1) is 0 Å². The number of benzene rings is 1. The molecule has 0 saturated carbocycles. The van der Waals surface area contributed by atoms with Crippen molar-refractivity contribution in [2.45, 2.75) is 40.0 Å². The van der Waals surface area contributed by atoms with Crippen molar-refractivity contribution in [3.63, 3.8) is 0 Å². The molecule has 0 unspecified atom stereocenters. The van der Waals surface area contributed by atoms with Crippen molar-refractivity contribution in [3.8, 4) is 17.0 Å². The molecule has 4 heteroatoms. The lowest BCUT2D eigenvalue weighted by Crippen LogP contribution is -1.99. The van der Waals surface area contributed by atoms with Gasteiger partial charge in [-0.1, -0.05) is 32.3 Å². The summed E-state index contributed by atoms with van der Waals surface area (Å²) in [7, 11) is 0. The Bertz CT molecular complexity index is 559. The van der Waals surface area contributed by atoms with Crippen LogP contribution in [0.25, 0.3) is 11.3 Å². The maximum absolute atomic E-state index is 5.88. The molecule has 0 amide bonds. The van der Waals surface area contributed by atoms with Gasteiger partial charge in [-0.05, 0) is 43.0 Å². The highest BCUT2D eigenvalue weighted by Crippen LogP contribution is 2.30. The van der Waals surface area contributed by atoms with Crippen molar-refractivity contribution < 1.29 is 9.26 Å². The third kappa shape index (κ3) is 4.00. The minimum atomic E-state index is 0.418. The molecule has 0 bridgehead atoms. The first-order chi connectivity index (χ1) is 10.1. The van der Waals surface area contributed by atoms with Crippen LogP contribution in [0.4, 0.5) is 5.88 Å². The first kappa shape index (κ1) is 15.4. The highest BCUT2D eigenvalue weighted by molar-refractivity contribution is 5.67. The quantitative estimate of drug-likeness (QED) is 0.771. The summed E-state index contributed by atoms with van der Waals surface area (Å²) in [6.45, 7) is 7.21. The molecule has 1 aromatic carbocycles. The van der Waals surface area contributed by atoms with E-state index in [0.717, 1.165) is 48.4 Å². The summed E-state index contributed by atoms with van der Waals surface area (Å²) in [5, 5.41) is 4.10. The first-order valence-electron chi connectivity index (χ1n) is 7.59. The zero-order chi connectivity index (χ0) is 15.2. The predicted octanol–water partition coefficient (Wildman–Crippen LogP) is 4.30. The summed E-state index contributed by atoms with van der Waals surface area (Å²) in [6.07, 6.45) is 3.06. The van der Waals surface area contributed by atoms with Crippen LogP contribution in [-0.4, -0.2) is 11.8 Å². The fourth-order valence-corrected chi connectivity index (χ4v) is 2.20. The van der Waals surface area contributed by atoms with Gasteiger partial charge in [0, 0.05) is 11.1 Å². The van der Waals surface area contributed by atoms with E-state index in [1.807, 2.05) is 24.3 Å². The minimum absolute atomic E-state index is 0.418. The number of nitrogens with zero attached hydrogens (tertiary/aromatic N) is 1. The van der Waals surface area contributed by atoms with Crippen LogP contribution in [0.3, 0.4) is 0 Å². The number of unbranched alkanes of at least 4 members (excludes halogenated alkanes) is 1. The molecule has 2 N–H and O–H groups in total. The molecule has 114 valence electrons. The molecular weight excluding hydrogens is 264 g/mol. The third-order valence-corrected chi connectivity index (χ3v) is 3.33. The van der Waals surface area contributed by atoms with Crippen molar-refractivity contribution >= 4 is 5.88 Å². The molecule has 2 aromatic rings. The van der Waals surface area contributed by atoms with Gasteiger partial charge in [0.2, 0.25) is 5.88 Å². The van der Waals surface area contributed by atoms with E-state index in [1.165, 1.54) is 0 Å². The second-order valence-electron chi connectivity index (χ2n) is 5.70. The molecule has 0 aliphatic heterocycles. The number of nitrogens with two attached hydrogens (primary N) is 1. The number of rotatable bonds is 7. The fraction of sp³-hybridized carbons (Fsp3) is 0.471. The van der Waals surface area contributed by atoms with Crippen molar-refractivity contribution in [1.82, 2.24) is 5.16 Å². The predicted molar refractivity (Wildman–Crippen MR) is 85.3 cm³/mol. The monoisotopic (exact) mass is 288 g/mol. The molecular formula is C17H24N2O2. The van der Waals surface area contributed by atoms with Gasteiger partial charge in [0.15, 0.2) is 0 Å². The zero-order valence-electron chi connectivity index (χ0n) is 13.1. The van der Waals surface area contributed by atoms with Crippen LogP contribution in [0, 0.1) is 5.92 Å². The van der Waals surface area contributed by atoms with Gasteiger partial charge in [-0.3, -0.25) is 0 Å². The summed E-state index contributed by atoms with van der Waals surface area (Å²) in [6, 6.07) is 7.94. The van der Waals surface area contributed by atoms with Crippen LogP contribution in [0.1, 0.15) is 39.2 Å². The number of anilines is 1. The Morgan fingerprint density at radius 2 is 1.95 bits per heavy atom. The molecule has 1 heterocycles. The van der Waals surface area contributed by atoms with E-state index in [0.29, 0.717) is 11.8 Å². The highest BCUT2D eigenvalue weighted by atomic mass is 16.5. The Hall–Kier alpha value is -1.97. The van der Waals surface area contributed by atoms with E-state index in [9.17, 15) is 0 Å². The standard InChI is InChI=1S/C17H24N2O2/c1-4-5-10-20-14-8-6-13(7-9-14)16-15(11-12(2)3)17(18)21-19-16/h6-9,12H,4-5,10-11,18H2,1-3H3. The van der Waals surface area contributed by atoms with Crippen LogP contribution in [0.5, 0.6) is 5.75 Å². The average molecular weight is 288 g/mol. The Kier molecular flexibility index (Phi) is 5.26. The molecule has 0 radical (unpaired) electrons. The van der Waals surface area contributed by atoms with E-state index in [1.54, 1.807) is 0 Å². The minimum Gasteiger partial charge on any atom is -0.494 e. The summed E-state index contributed by atoms with van der Waals surface area (Å²) < 4.78 is 10.8. The van der Waals surface area contributed by atoms with E-state index in [-0.39, 0.29) is 0 Å². The van der Waals surface area contributed by atoms with Crippen LogP contribution in [0.2, 0.25) is 0 Å². The van der Waals surface area contributed by atoms with Crippen LogP contribution >= 0.6 is 0 Å². The van der Waals surface area contributed by atoms with Gasteiger partial charge in [0.05, 0.1) is 6.61 Å². The molecule has 21 heavy (non-hydrogen) atoms. The van der Waals surface area contributed by atoms with Gasteiger partial charge < -0.3 is 15.0 Å². The molecule has 0 aliphatic rings. The van der Waals surface area contributed by atoms with E-state index >= 15 is 0 Å². The second kappa shape index (κ2) is 7.16. The third-order valence-electron chi connectivity index (χ3n) is 3.33. The smallest absolute Gasteiger partial charge is 0.225 e. The Morgan fingerprint density at radius 3 is 2.57 bits per heavy atom. The zero-order valence-corrected chi connectivity index (χ0v) is 13.1. The number of hydrogen-bond acceptors (Lipinski definition) is 4. The second-order valence-corrected chi connectivity index (χ2v) is 5.70. The van der Waals surface area contributed by atoms with Crippen LogP contribution in [-0.2, 0) is 6.42 Å². The fourth-order valence-electron chi connectivity index (χ4n) is 2.20. The van der Waals surface area contributed by atoms with Gasteiger partial charge in [-0.2, -0.15) is 0 Å². The largest absolute Gasteiger partial charge is 0.494 e. The van der Waals surface area contributed by atoms with Gasteiger partial charge in [0.25, 0.3) is 0 Å². The van der Waals surface area contributed by atoms with E-state index < -0.39 is 0 Å². The van der Waals surface area contributed by atoms with Gasteiger partial charge in [0.1, 0.15) is 11.4 Å². The van der Waals surface area contributed by atoms with Gasteiger partial charge in [-0.25, -0.2) is 0 Å². The summed E-state index contributed by atoms with van der Waals surface area (Å²) in [5.74, 6) is 1.80. The van der Waals surface area contributed by atoms with Crippen LogP contribution < -0.4 is 10.5 Å². The summed E-state index contributed by atoms with van der Waals surface area (Å²) in [5.41, 5.74) is 8.72. The Morgan fingerprint density at radius 1 is 1.24 bits per heavy atom. The SMILES string of the molecule is CCCCOc1ccc(-c2noc(N)c2CC(C)C)cc1. The molecule has 1 aromatic heterocycles. The van der Waals surface area contributed by atoms with Crippen LogP contribution in [0.15, 0.2) is 28.8 Å². The van der Waals surface area contributed by atoms with E-state index in [4.69, 9.17) is 15.0 Å². The molecule has 2 rings (SSSR count). The molecule has 0 atom stereocenters. The molecule has 0 saturated heterocycles. The van der Waals surface area contributed by atoms with Crippen molar-refractivity contribution in [3.05, 3.63) is 29.8 Å². The number of nitrogen functional groups attached to an aromatic ring is 1. The lowest BCUT2D eigenvalue weighted by molar-refractivity contribution is 0.309. The normalized spacial score (nSPS) is 11.0. The molecule has 0 spiro atoms. The first-order valence-corrected chi connectivity index (χ1v) is 7.59. The van der Waals surface area contributed by atoms with Crippen molar-refractivity contribution in [2.75, 3.05) is 12.3 Å². The maximum atomic E-state index is 5.88. The van der Waals surface area contributed by atoms with Crippen molar-refractivity contribution in [2.24, 2.45) is 5.92 Å². The lowest BCUT2D eigenvalue weighted by atomic mass is 9.99. The van der Waals surface area contributed by atoms with Gasteiger partial charge >= 0.3 is 0 Å². The highest BCUT2D eigenvalue weighted by Gasteiger charge is 2.16. The van der Waals surface area contributed by atoms with Crippen molar-refractivity contribution in [1.29, 1.82) is 0 Å². The Labute approximate surface area is 126 Å². The van der Waals surface area contributed by atoms with E-state index in [2.05, 4.69) is 25.9 Å². The maximum Gasteiger partial charge on any atom is 0.225 e. The number of ether oxygens (including phenoxy) is 1. The summed E-state index contributed by atoms with van der Waals surface area (Å²) in [4.78, 5) is 0.